The second kappa shape index (κ2) is 6.56. The first kappa shape index (κ1) is 15.9. The minimum atomic E-state index is -3.26. The van der Waals surface area contributed by atoms with Crippen LogP contribution in [0.1, 0.15) is 48.0 Å². The molecule has 1 aliphatic heterocycles. The molecule has 1 fully saturated rings. The average molecular weight is 317 g/mol. The van der Waals surface area contributed by atoms with Crippen molar-refractivity contribution in [1.29, 1.82) is 0 Å². The number of ether oxygens (including phenoxy) is 1. The highest BCUT2D eigenvalue weighted by Crippen LogP contribution is 2.28. The van der Waals surface area contributed by atoms with Crippen LogP contribution in [0.3, 0.4) is 0 Å². The molecule has 0 saturated carbocycles. The van der Waals surface area contributed by atoms with Crippen LogP contribution in [0.15, 0.2) is 6.07 Å². The second-order valence-corrected chi connectivity index (χ2v) is 8.47. The number of rotatable bonds is 5. The molecule has 0 unspecified atom stereocenters. The summed E-state index contributed by atoms with van der Waals surface area (Å²) in [7, 11) is -3.26. The average Bonchev–Trinajstić information content (AvgIpc) is 2.81. The van der Waals surface area contributed by atoms with E-state index in [-0.39, 0.29) is 11.3 Å². The van der Waals surface area contributed by atoms with Gasteiger partial charge in [-0.1, -0.05) is 6.92 Å². The van der Waals surface area contributed by atoms with Gasteiger partial charge in [0.25, 0.3) is 0 Å². The summed E-state index contributed by atoms with van der Waals surface area (Å²) in [5.74, 6) is 0. The van der Waals surface area contributed by atoms with Gasteiger partial charge in [0, 0.05) is 23.0 Å². The highest BCUT2D eigenvalue weighted by molar-refractivity contribution is 7.90. The molecular formula is C14H23NO3S2. The van der Waals surface area contributed by atoms with Gasteiger partial charge >= 0.3 is 0 Å². The lowest BCUT2D eigenvalue weighted by Gasteiger charge is -2.24. The SMILES string of the molecule is CCc1sc([C@@H](C)NS(=O)(=O)C2CCOCC2)cc1C. The number of thiophene rings is 1. The summed E-state index contributed by atoms with van der Waals surface area (Å²) in [6.07, 6.45) is 2.17. The molecule has 4 nitrogen and oxygen atoms in total. The zero-order valence-electron chi connectivity index (χ0n) is 12.3. The molecule has 6 heteroatoms. The van der Waals surface area contributed by atoms with E-state index < -0.39 is 10.0 Å². The highest BCUT2D eigenvalue weighted by Gasteiger charge is 2.29. The normalized spacial score (nSPS) is 19.1. The summed E-state index contributed by atoms with van der Waals surface area (Å²) < 4.78 is 32.8. The lowest BCUT2D eigenvalue weighted by atomic mass is 10.2. The Morgan fingerprint density at radius 3 is 2.65 bits per heavy atom. The van der Waals surface area contributed by atoms with E-state index in [1.807, 2.05) is 6.92 Å². The maximum atomic E-state index is 12.4. The number of nitrogens with one attached hydrogen (secondary N) is 1. The smallest absolute Gasteiger partial charge is 0.215 e. The molecule has 0 aliphatic carbocycles. The minimum absolute atomic E-state index is 0.160. The Morgan fingerprint density at radius 1 is 1.45 bits per heavy atom. The van der Waals surface area contributed by atoms with Gasteiger partial charge in [-0.2, -0.15) is 0 Å². The lowest BCUT2D eigenvalue weighted by Crippen LogP contribution is -2.39. The summed E-state index contributed by atoms with van der Waals surface area (Å²) in [6, 6.07) is 1.94. The fourth-order valence-corrected chi connectivity index (χ4v) is 5.32. The number of sulfonamides is 1. The van der Waals surface area contributed by atoms with E-state index in [4.69, 9.17) is 4.74 Å². The molecule has 0 radical (unpaired) electrons. The molecule has 1 aromatic heterocycles. The number of aryl methyl sites for hydroxylation is 2. The summed E-state index contributed by atoms with van der Waals surface area (Å²) in [6.45, 7) is 7.20. The Bertz CT molecular complexity index is 545. The quantitative estimate of drug-likeness (QED) is 0.908. The zero-order valence-corrected chi connectivity index (χ0v) is 13.9. The van der Waals surface area contributed by atoms with Gasteiger partial charge in [-0.25, -0.2) is 13.1 Å². The van der Waals surface area contributed by atoms with Crippen LogP contribution in [-0.2, 0) is 21.2 Å². The third kappa shape index (κ3) is 3.61. The molecule has 2 heterocycles. The first-order valence-corrected chi connectivity index (χ1v) is 9.48. The van der Waals surface area contributed by atoms with Crippen molar-refractivity contribution < 1.29 is 13.2 Å². The van der Waals surface area contributed by atoms with Crippen LogP contribution in [0.5, 0.6) is 0 Å². The van der Waals surface area contributed by atoms with Gasteiger partial charge < -0.3 is 4.74 Å². The van der Waals surface area contributed by atoms with E-state index in [2.05, 4.69) is 24.6 Å². The van der Waals surface area contributed by atoms with Crippen molar-refractivity contribution in [3.8, 4) is 0 Å². The molecule has 114 valence electrons. The molecule has 0 aromatic carbocycles. The molecule has 1 atom stereocenters. The van der Waals surface area contributed by atoms with Crippen molar-refractivity contribution in [3.63, 3.8) is 0 Å². The van der Waals surface area contributed by atoms with E-state index >= 15 is 0 Å². The number of hydrogen-bond donors (Lipinski definition) is 1. The molecule has 1 saturated heterocycles. The van der Waals surface area contributed by atoms with Gasteiger partial charge in [-0.05, 0) is 44.7 Å². The van der Waals surface area contributed by atoms with Gasteiger partial charge in [0.1, 0.15) is 0 Å². The molecule has 1 aromatic rings. The summed E-state index contributed by atoms with van der Waals surface area (Å²) >= 11 is 1.70. The lowest BCUT2D eigenvalue weighted by molar-refractivity contribution is 0.0981. The minimum Gasteiger partial charge on any atom is -0.381 e. The molecular weight excluding hydrogens is 294 g/mol. The van der Waals surface area contributed by atoms with Crippen molar-refractivity contribution in [2.45, 2.75) is 51.3 Å². The molecule has 0 amide bonds. The fourth-order valence-electron chi connectivity index (χ4n) is 2.50. The van der Waals surface area contributed by atoms with Crippen LogP contribution in [0.2, 0.25) is 0 Å². The van der Waals surface area contributed by atoms with Gasteiger partial charge in [-0.15, -0.1) is 11.3 Å². The topological polar surface area (TPSA) is 55.4 Å². The largest absolute Gasteiger partial charge is 0.381 e. The van der Waals surface area contributed by atoms with Gasteiger partial charge in [0.05, 0.1) is 11.3 Å². The van der Waals surface area contributed by atoms with Crippen molar-refractivity contribution in [2.75, 3.05) is 13.2 Å². The van der Waals surface area contributed by atoms with E-state index in [0.717, 1.165) is 11.3 Å². The van der Waals surface area contributed by atoms with Crippen molar-refractivity contribution >= 4 is 21.4 Å². The molecule has 0 bridgehead atoms. The molecule has 2 rings (SSSR count). The van der Waals surface area contributed by atoms with Gasteiger partial charge in [-0.3, -0.25) is 0 Å². The standard InChI is InChI=1S/C14H23NO3S2/c1-4-13-10(2)9-14(19-13)11(3)15-20(16,17)12-5-7-18-8-6-12/h9,11-12,15H,4-8H2,1-3H3/t11-/m1/s1. The Labute approximate surface area is 125 Å². The van der Waals surface area contributed by atoms with Crippen LogP contribution in [0.25, 0.3) is 0 Å². The maximum Gasteiger partial charge on any atom is 0.215 e. The van der Waals surface area contributed by atoms with E-state index in [9.17, 15) is 8.42 Å². The Hall–Kier alpha value is -0.430. The van der Waals surface area contributed by atoms with Gasteiger partial charge in [0.2, 0.25) is 10.0 Å². The second-order valence-electron chi connectivity index (χ2n) is 5.30. The summed E-state index contributed by atoms with van der Waals surface area (Å²) in [5, 5.41) is -0.314. The summed E-state index contributed by atoms with van der Waals surface area (Å²) in [5.41, 5.74) is 1.25. The molecule has 20 heavy (non-hydrogen) atoms. The van der Waals surface area contributed by atoms with Crippen LogP contribution >= 0.6 is 11.3 Å². The Kier molecular flexibility index (Phi) is 5.23. The fraction of sp³-hybridized carbons (Fsp3) is 0.714. The van der Waals surface area contributed by atoms with E-state index in [0.29, 0.717) is 26.1 Å². The maximum absolute atomic E-state index is 12.4. The van der Waals surface area contributed by atoms with Crippen LogP contribution in [0, 0.1) is 6.92 Å². The third-order valence-corrected chi connectivity index (χ3v) is 7.33. The first-order chi connectivity index (χ1) is 9.44. The first-order valence-electron chi connectivity index (χ1n) is 7.12. The number of hydrogen-bond acceptors (Lipinski definition) is 4. The third-order valence-electron chi connectivity index (χ3n) is 3.74. The zero-order chi connectivity index (χ0) is 14.8. The van der Waals surface area contributed by atoms with E-state index in [1.54, 1.807) is 11.3 Å². The summed E-state index contributed by atoms with van der Waals surface area (Å²) in [4.78, 5) is 2.42. The predicted octanol–water partition coefficient (Wildman–Crippen LogP) is 2.78. The van der Waals surface area contributed by atoms with Crippen LogP contribution in [0.4, 0.5) is 0 Å². The molecule has 1 N–H and O–H groups in total. The predicted molar refractivity (Wildman–Crippen MR) is 82.7 cm³/mol. The van der Waals surface area contributed by atoms with Crippen molar-refractivity contribution in [2.24, 2.45) is 0 Å². The monoisotopic (exact) mass is 317 g/mol. The van der Waals surface area contributed by atoms with Crippen LogP contribution < -0.4 is 4.72 Å². The van der Waals surface area contributed by atoms with Crippen LogP contribution in [-0.4, -0.2) is 26.9 Å². The highest BCUT2D eigenvalue weighted by atomic mass is 32.2. The Balaban J connectivity index is 2.07. The van der Waals surface area contributed by atoms with Crippen molar-refractivity contribution in [1.82, 2.24) is 4.72 Å². The molecule has 0 spiro atoms. The molecule has 1 aliphatic rings. The van der Waals surface area contributed by atoms with Crippen molar-refractivity contribution in [3.05, 3.63) is 21.4 Å². The van der Waals surface area contributed by atoms with E-state index in [1.165, 1.54) is 10.4 Å². The van der Waals surface area contributed by atoms with Gasteiger partial charge in [0.15, 0.2) is 0 Å². The Morgan fingerprint density at radius 2 is 2.10 bits per heavy atom.